The van der Waals surface area contributed by atoms with Crippen LogP contribution in [-0.4, -0.2) is 43.7 Å². The van der Waals surface area contributed by atoms with Crippen LogP contribution in [0.15, 0.2) is 0 Å². The summed E-state index contributed by atoms with van der Waals surface area (Å²) in [6, 6.07) is 1.17. The second-order valence-electron chi connectivity index (χ2n) is 7.23. The lowest BCUT2D eigenvalue weighted by Gasteiger charge is -2.35. The molecule has 0 aromatic heterocycles. The summed E-state index contributed by atoms with van der Waals surface area (Å²) in [5.74, 6) is 0.848. The molecule has 1 heterocycles. The summed E-state index contributed by atoms with van der Waals surface area (Å²) >= 11 is 0. The van der Waals surface area contributed by atoms with E-state index in [0.717, 1.165) is 12.5 Å². The standard InChI is InChI=1S/C15H31N3/c1-15(2,12-8-9-18(3)10-12)11-17-14-6-4-13(16)5-7-14/h12-14,17H,4-11,16H2,1-3H3. The molecule has 1 unspecified atom stereocenters. The monoisotopic (exact) mass is 253 g/mol. The van der Waals surface area contributed by atoms with E-state index in [0.29, 0.717) is 17.5 Å². The van der Waals surface area contributed by atoms with Crippen LogP contribution in [0.4, 0.5) is 0 Å². The largest absolute Gasteiger partial charge is 0.328 e. The van der Waals surface area contributed by atoms with Gasteiger partial charge >= 0.3 is 0 Å². The molecule has 1 aliphatic carbocycles. The molecule has 0 radical (unpaired) electrons. The van der Waals surface area contributed by atoms with Gasteiger partial charge in [-0.1, -0.05) is 13.8 Å². The molecule has 0 spiro atoms. The predicted octanol–water partition coefficient (Wildman–Crippen LogP) is 1.82. The van der Waals surface area contributed by atoms with Gasteiger partial charge in [0.25, 0.3) is 0 Å². The molecule has 1 saturated carbocycles. The molecule has 2 fully saturated rings. The summed E-state index contributed by atoms with van der Waals surface area (Å²) in [7, 11) is 2.24. The normalized spacial score (nSPS) is 35.0. The maximum Gasteiger partial charge on any atom is 0.00684 e. The van der Waals surface area contributed by atoms with Gasteiger partial charge in [0.1, 0.15) is 0 Å². The molecule has 3 N–H and O–H groups in total. The van der Waals surface area contributed by atoms with E-state index >= 15 is 0 Å². The van der Waals surface area contributed by atoms with Crippen molar-refractivity contribution in [3.63, 3.8) is 0 Å². The lowest BCUT2D eigenvalue weighted by molar-refractivity contribution is 0.190. The van der Waals surface area contributed by atoms with Crippen LogP contribution in [0, 0.1) is 11.3 Å². The molecular formula is C15H31N3. The highest BCUT2D eigenvalue weighted by atomic mass is 15.1. The molecule has 0 aromatic rings. The first-order valence-electron chi connectivity index (χ1n) is 7.65. The van der Waals surface area contributed by atoms with Crippen LogP contribution in [0.5, 0.6) is 0 Å². The van der Waals surface area contributed by atoms with Crippen molar-refractivity contribution in [3.8, 4) is 0 Å². The Balaban J connectivity index is 1.74. The third-order valence-corrected chi connectivity index (χ3v) is 5.11. The van der Waals surface area contributed by atoms with Crippen LogP contribution < -0.4 is 11.1 Å². The zero-order valence-electron chi connectivity index (χ0n) is 12.4. The second kappa shape index (κ2) is 5.89. The molecule has 3 heteroatoms. The molecule has 2 aliphatic rings. The van der Waals surface area contributed by atoms with Crippen LogP contribution >= 0.6 is 0 Å². The number of nitrogens with two attached hydrogens (primary N) is 1. The van der Waals surface area contributed by atoms with E-state index in [2.05, 4.69) is 31.1 Å². The van der Waals surface area contributed by atoms with Gasteiger partial charge in [-0.15, -0.1) is 0 Å². The summed E-state index contributed by atoms with van der Waals surface area (Å²) in [4.78, 5) is 2.46. The van der Waals surface area contributed by atoms with Crippen molar-refractivity contribution in [1.82, 2.24) is 10.2 Å². The fourth-order valence-corrected chi connectivity index (χ4v) is 3.45. The van der Waals surface area contributed by atoms with Gasteiger partial charge in [-0.2, -0.15) is 0 Å². The first-order valence-corrected chi connectivity index (χ1v) is 7.65. The summed E-state index contributed by atoms with van der Waals surface area (Å²) in [5, 5.41) is 3.80. The number of hydrogen-bond acceptors (Lipinski definition) is 3. The minimum absolute atomic E-state index is 0.421. The number of nitrogens with one attached hydrogen (secondary N) is 1. The average Bonchev–Trinajstić information content (AvgIpc) is 2.76. The van der Waals surface area contributed by atoms with Crippen molar-refractivity contribution in [3.05, 3.63) is 0 Å². The smallest absolute Gasteiger partial charge is 0.00684 e. The Kier molecular flexibility index (Phi) is 4.68. The molecule has 0 amide bonds. The number of rotatable bonds is 4. The van der Waals surface area contributed by atoms with Crippen molar-refractivity contribution >= 4 is 0 Å². The highest BCUT2D eigenvalue weighted by molar-refractivity contribution is 4.88. The Morgan fingerprint density at radius 1 is 1.17 bits per heavy atom. The molecule has 0 aromatic carbocycles. The fourth-order valence-electron chi connectivity index (χ4n) is 3.45. The summed E-state index contributed by atoms with van der Waals surface area (Å²) in [6.07, 6.45) is 6.29. The van der Waals surface area contributed by atoms with E-state index in [9.17, 15) is 0 Å². The third kappa shape index (κ3) is 3.69. The van der Waals surface area contributed by atoms with E-state index < -0.39 is 0 Å². The molecule has 2 rings (SSSR count). The molecule has 106 valence electrons. The van der Waals surface area contributed by atoms with Crippen molar-refractivity contribution in [2.45, 2.75) is 58.0 Å². The molecule has 1 atom stereocenters. The number of nitrogens with zero attached hydrogens (tertiary/aromatic N) is 1. The minimum atomic E-state index is 0.421. The molecule has 3 nitrogen and oxygen atoms in total. The quantitative estimate of drug-likeness (QED) is 0.803. The maximum absolute atomic E-state index is 5.96. The zero-order valence-corrected chi connectivity index (χ0v) is 12.4. The zero-order chi connectivity index (χ0) is 13.2. The van der Waals surface area contributed by atoms with Crippen LogP contribution in [0.2, 0.25) is 0 Å². The Labute approximate surface area is 112 Å². The maximum atomic E-state index is 5.96. The topological polar surface area (TPSA) is 41.3 Å². The molecule has 0 bridgehead atoms. The molecule has 1 aliphatic heterocycles. The van der Waals surface area contributed by atoms with Crippen LogP contribution in [0.25, 0.3) is 0 Å². The molecule has 1 saturated heterocycles. The van der Waals surface area contributed by atoms with Crippen molar-refractivity contribution in [1.29, 1.82) is 0 Å². The van der Waals surface area contributed by atoms with Gasteiger partial charge in [-0.05, 0) is 57.0 Å². The first kappa shape index (κ1) is 14.3. The van der Waals surface area contributed by atoms with Crippen molar-refractivity contribution < 1.29 is 0 Å². The Morgan fingerprint density at radius 3 is 2.39 bits per heavy atom. The Hall–Kier alpha value is -0.120. The van der Waals surface area contributed by atoms with Crippen molar-refractivity contribution in [2.75, 3.05) is 26.7 Å². The van der Waals surface area contributed by atoms with E-state index in [4.69, 9.17) is 5.73 Å². The van der Waals surface area contributed by atoms with Gasteiger partial charge in [-0.25, -0.2) is 0 Å². The Morgan fingerprint density at radius 2 is 1.83 bits per heavy atom. The van der Waals surface area contributed by atoms with Crippen LogP contribution in [-0.2, 0) is 0 Å². The van der Waals surface area contributed by atoms with Crippen LogP contribution in [0.1, 0.15) is 46.0 Å². The van der Waals surface area contributed by atoms with Crippen LogP contribution in [0.3, 0.4) is 0 Å². The van der Waals surface area contributed by atoms with E-state index in [-0.39, 0.29) is 0 Å². The van der Waals surface area contributed by atoms with Gasteiger partial charge in [0.05, 0.1) is 0 Å². The molecule has 18 heavy (non-hydrogen) atoms. The lowest BCUT2D eigenvalue weighted by atomic mass is 9.77. The molecular weight excluding hydrogens is 222 g/mol. The lowest BCUT2D eigenvalue weighted by Crippen LogP contribution is -2.44. The highest BCUT2D eigenvalue weighted by Crippen LogP contribution is 2.33. The highest BCUT2D eigenvalue weighted by Gasteiger charge is 2.34. The van der Waals surface area contributed by atoms with Gasteiger partial charge in [-0.3, -0.25) is 0 Å². The average molecular weight is 253 g/mol. The number of likely N-dealkylation sites (tertiary alicyclic amines) is 1. The summed E-state index contributed by atoms with van der Waals surface area (Å²) < 4.78 is 0. The predicted molar refractivity (Wildman–Crippen MR) is 77.6 cm³/mol. The second-order valence-corrected chi connectivity index (χ2v) is 7.23. The van der Waals surface area contributed by atoms with Gasteiger partial charge in [0, 0.05) is 25.2 Å². The minimum Gasteiger partial charge on any atom is -0.328 e. The summed E-state index contributed by atoms with van der Waals surface area (Å²) in [6.45, 7) is 8.55. The van der Waals surface area contributed by atoms with E-state index in [1.807, 2.05) is 0 Å². The van der Waals surface area contributed by atoms with E-state index in [1.54, 1.807) is 0 Å². The van der Waals surface area contributed by atoms with Gasteiger partial charge in [0.2, 0.25) is 0 Å². The summed E-state index contributed by atoms with van der Waals surface area (Å²) in [5.41, 5.74) is 6.38. The Bertz CT molecular complexity index is 256. The van der Waals surface area contributed by atoms with E-state index in [1.165, 1.54) is 45.2 Å². The first-order chi connectivity index (χ1) is 8.47. The fraction of sp³-hybridized carbons (Fsp3) is 1.00. The third-order valence-electron chi connectivity index (χ3n) is 5.11. The van der Waals surface area contributed by atoms with Gasteiger partial charge in [0.15, 0.2) is 0 Å². The number of hydrogen-bond donors (Lipinski definition) is 2. The van der Waals surface area contributed by atoms with Crippen molar-refractivity contribution in [2.24, 2.45) is 17.1 Å². The SMILES string of the molecule is CN1CCC(C(C)(C)CNC2CCC(N)CC2)C1. The van der Waals surface area contributed by atoms with Gasteiger partial charge < -0.3 is 16.0 Å².